The van der Waals surface area contributed by atoms with Gasteiger partial charge in [0, 0.05) is 12.3 Å². The molecule has 2 N–H and O–H groups in total. The average molecular weight is 535 g/mol. The second-order valence-electron chi connectivity index (χ2n) is 7.75. The molecule has 0 radical (unpaired) electrons. The summed E-state index contributed by atoms with van der Waals surface area (Å²) in [5.74, 6) is 1.79. The molecule has 0 atom stereocenters. The first-order valence-electron chi connectivity index (χ1n) is 11.3. The molecule has 0 fully saturated rings. The third kappa shape index (κ3) is 4.57. The highest BCUT2D eigenvalue weighted by atomic mass is 32.2. The van der Waals surface area contributed by atoms with Crippen molar-refractivity contribution in [2.75, 3.05) is 20.8 Å². The fraction of sp³-hybridized carbons (Fsp3) is 0.167. The first-order valence-corrected chi connectivity index (χ1v) is 12.8. The summed E-state index contributed by atoms with van der Waals surface area (Å²) in [7, 11) is -1.05. The van der Waals surface area contributed by atoms with Crippen molar-refractivity contribution >= 4 is 21.3 Å². The van der Waals surface area contributed by atoms with Crippen molar-refractivity contribution in [3.05, 3.63) is 54.9 Å². The average Bonchev–Trinajstić information content (AvgIpc) is 3.31. The third-order valence-corrected chi connectivity index (χ3v) is 6.10. The van der Waals surface area contributed by atoms with E-state index in [0.717, 1.165) is 0 Å². The molecular formula is C24H22N8O5S. The number of benzene rings is 1. The summed E-state index contributed by atoms with van der Waals surface area (Å²) < 4.78 is 42.2. The summed E-state index contributed by atoms with van der Waals surface area (Å²) in [5, 5.41) is 4.68. The fourth-order valence-electron chi connectivity index (χ4n) is 3.80. The van der Waals surface area contributed by atoms with Crippen LogP contribution in [0.4, 0.5) is 0 Å². The summed E-state index contributed by atoms with van der Waals surface area (Å²) in [6.45, 7) is 2.31. The molecule has 0 saturated heterocycles. The molecule has 0 aliphatic rings. The summed E-state index contributed by atoms with van der Waals surface area (Å²) >= 11 is 0. The molecule has 1 aromatic carbocycles. The zero-order valence-corrected chi connectivity index (χ0v) is 21.4. The van der Waals surface area contributed by atoms with E-state index in [9.17, 15) is 8.42 Å². The van der Waals surface area contributed by atoms with Crippen molar-refractivity contribution in [1.82, 2.24) is 34.5 Å². The lowest BCUT2D eigenvalue weighted by Crippen LogP contribution is -2.16. The minimum Gasteiger partial charge on any atom is -0.494 e. The maximum atomic E-state index is 11.8. The first kappa shape index (κ1) is 25.0. The van der Waals surface area contributed by atoms with Gasteiger partial charge < -0.3 is 14.2 Å². The Morgan fingerprint density at radius 2 is 1.61 bits per heavy atom. The molecule has 0 saturated carbocycles. The molecule has 0 amide bonds. The first-order chi connectivity index (χ1) is 18.3. The van der Waals surface area contributed by atoms with Gasteiger partial charge in [-0.3, -0.25) is 4.57 Å². The SMILES string of the molecule is CCOc1cccc(-c2nc3ncc(-c4ccnc(S(N)(=O)=O)n4)nc3n2-c2c(OC)cccc2OC)n1. The lowest BCUT2D eigenvalue weighted by Gasteiger charge is -2.16. The smallest absolute Gasteiger partial charge is 0.273 e. The van der Waals surface area contributed by atoms with Crippen molar-refractivity contribution < 1.29 is 22.6 Å². The van der Waals surface area contributed by atoms with Crippen LogP contribution in [0.5, 0.6) is 17.4 Å². The number of primary sulfonamides is 1. The van der Waals surface area contributed by atoms with Crippen LogP contribution in [0.1, 0.15) is 6.92 Å². The Hall–Kier alpha value is -4.69. The molecule has 4 heterocycles. The van der Waals surface area contributed by atoms with Crippen LogP contribution in [-0.4, -0.2) is 63.7 Å². The van der Waals surface area contributed by atoms with Gasteiger partial charge in [-0.15, -0.1) is 0 Å². The Morgan fingerprint density at radius 3 is 2.29 bits per heavy atom. The zero-order chi connectivity index (χ0) is 26.9. The van der Waals surface area contributed by atoms with Crippen LogP contribution in [0.15, 0.2) is 60.0 Å². The van der Waals surface area contributed by atoms with Crippen LogP contribution in [0.2, 0.25) is 0 Å². The number of aromatic nitrogens is 7. The highest BCUT2D eigenvalue weighted by Gasteiger charge is 2.24. The standard InChI is InChI=1S/C24H22N8O5S/c1-4-37-19-10-5-7-15(28-19)22-31-21-23(32(22)20-17(35-2)8-6-9-18(20)36-3)29-16(13-27-21)14-11-12-26-24(30-14)38(25,33)34/h5-13H,4H2,1-3H3,(H2,25,33,34). The molecule has 0 aliphatic carbocycles. The van der Waals surface area contributed by atoms with Crippen molar-refractivity contribution in [1.29, 1.82) is 0 Å². The molecule has 0 spiro atoms. The number of fused-ring (bicyclic) bond motifs is 1. The Morgan fingerprint density at radius 1 is 0.868 bits per heavy atom. The Balaban J connectivity index is 1.82. The minimum absolute atomic E-state index is 0.205. The number of para-hydroxylation sites is 1. The van der Waals surface area contributed by atoms with Crippen molar-refractivity contribution in [2.24, 2.45) is 5.14 Å². The molecule has 0 unspecified atom stereocenters. The van der Waals surface area contributed by atoms with Gasteiger partial charge in [-0.1, -0.05) is 12.1 Å². The Bertz CT molecular complexity index is 1730. The molecular weight excluding hydrogens is 512 g/mol. The monoisotopic (exact) mass is 534 g/mol. The summed E-state index contributed by atoms with van der Waals surface area (Å²) in [6, 6.07) is 12.2. The fourth-order valence-corrected chi connectivity index (χ4v) is 4.23. The number of sulfonamides is 1. The van der Waals surface area contributed by atoms with Gasteiger partial charge in [0.25, 0.3) is 15.2 Å². The minimum atomic E-state index is -4.13. The maximum absolute atomic E-state index is 11.8. The van der Waals surface area contributed by atoms with Gasteiger partial charge in [-0.2, -0.15) is 0 Å². The van der Waals surface area contributed by atoms with Crippen LogP contribution >= 0.6 is 0 Å². The van der Waals surface area contributed by atoms with Gasteiger partial charge in [0.05, 0.1) is 32.7 Å². The number of imidazole rings is 1. The molecule has 38 heavy (non-hydrogen) atoms. The predicted molar refractivity (Wildman–Crippen MR) is 137 cm³/mol. The molecule has 5 rings (SSSR count). The second-order valence-corrected chi connectivity index (χ2v) is 9.20. The van der Waals surface area contributed by atoms with Gasteiger partial charge in [-0.05, 0) is 31.2 Å². The number of nitrogens with zero attached hydrogens (tertiary/aromatic N) is 7. The Labute approximate surface area is 217 Å². The number of nitrogens with two attached hydrogens (primary N) is 1. The van der Waals surface area contributed by atoms with E-state index in [1.54, 1.807) is 41.0 Å². The van der Waals surface area contributed by atoms with Crippen molar-refractivity contribution in [3.63, 3.8) is 0 Å². The number of methoxy groups -OCH3 is 2. The van der Waals surface area contributed by atoms with Crippen LogP contribution < -0.4 is 19.3 Å². The molecule has 0 bridgehead atoms. The van der Waals surface area contributed by atoms with E-state index in [4.69, 9.17) is 29.3 Å². The molecule has 13 nitrogen and oxygen atoms in total. The van der Waals surface area contributed by atoms with E-state index in [1.807, 2.05) is 6.92 Å². The normalized spacial score (nSPS) is 11.5. The number of ether oxygens (including phenoxy) is 3. The van der Waals surface area contributed by atoms with Gasteiger partial charge >= 0.3 is 0 Å². The van der Waals surface area contributed by atoms with E-state index < -0.39 is 15.2 Å². The summed E-state index contributed by atoms with van der Waals surface area (Å²) in [4.78, 5) is 26.3. The van der Waals surface area contributed by atoms with Crippen molar-refractivity contribution in [3.8, 4) is 46.0 Å². The van der Waals surface area contributed by atoms with E-state index in [1.165, 1.54) is 32.7 Å². The second kappa shape index (κ2) is 9.99. The topological polar surface area (TPSA) is 170 Å². The van der Waals surface area contributed by atoms with Gasteiger partial charge in [0.1, 0.15) is 28.6 Å². The maximum Gasteiger partial charge on any atom is 0.273 e. The van der Waals surface area contributed by atoms with Gasteiger partial charge in [-0.25, -0.2) is 43.5 Å². The lowest BCUT2D eigenvalue weighted by atomic mass is 10.2. The largest absolute Gasteiger partial charge is 0.494 e. The van der Waals surface area contributed by atoms with Gasteiger partial charge in [0.15, 0.2) is 17.1 Å². The third-order valence-electron chi connectivity index (χ3n) is 5.39. The highest BCUT2D eigenvalue weighted by molar-refractivity contribution is 7.89. The van der Waals surface area contributed by atoms with E-state index in [2.05, 4.69) is 19.9 Å². The number of hydrogen-bond acceptors (Lipinski definition) is 11. The number of hydrogen-bond donors (Lipinski definition) is 1. The highest BCUT2D eigenvalue weighted by Crippen LogP contribution is 2.38. The van der Waals surface area contributed by atoms with Crippen LogP contribution in [0.25, 0.3) is 39.9 Å². The van der Waals surface area contributed by atoms with E-state index in [-0.39, 0.29) is 11.4 Å². The molecule has 5 aromatic rings. The zero-order valence-electron chi connectivity index (χ0n) is 20.6. The molecule has 194 valence electrons. The van der Waals surface area contributed by atoms with E-state index in [0.29, 0.717) is 52.5 Å². The summed E-state index contributed by atoms with van der Waals surface area (Å²) in [5.41, 5.74) is 2.08. The number of rotatable bonds is 8. The van der Waals surface area contributed by atoms with Crippen molar-refractivity contribution in [2.45, 2.75) is 12.1 Å². The lowest BCUT2D eigenvalue weighted by molar-refractivity contribution is 0.327. The number of pyridine rings is 1. The van der Waals surface area contributed by atoms with Crippen LogP contribution in [-0.2, 0) is 10.0 Å². The van der Waals surface area contributed by atoms with Crippen LogP contribution in [0, 0.1) is 0 Å². The molecule has 14 heteroatoms. The van der Waals surface area contributed by atoms with E-state index >= 15 is 0 Å². The van der Waals surface area contributed by atoms with Crippen LogP contribution in [0.3, 0.4) is 0 Å². The van der Waals surface area contributed by atoms with Gasteiger partial charge in [0.2, 0.25) is 5.88 Å². The molecule has 4 aromatic heterocycles. The Kier molecular flexibility index (Phi) is 6.57. The predicted octanol–water partition coefficient (Wildman–Crippen LogP) is 2.40. The quantitative estimate of drug-likeness (QED) is 0.290. The molecule has 0 aliphatic heterocycles. The summed E-state index contributed by atoms with van der Waals surface area (Å²) in [6.07, 6.45) is 2.71.